The van der Waals surface area contributed by atoms with Gasteiger partial charge in [-0.25, -0.2) is 19.6 Å². The van der Waals surface area contributed by atoms with Crippen molar-refractivity contribution in [2.24, 2.45) is 0 Å². The number of carbonyl (C=O) groups is 4. The van der Waals surface area contributed by atoms with Crippen molar-refractivity contribution < 1.29 is 28.7 Å². The van der Waals surface area contributed by atoms with Crippen LogP contribution < -0.4 is 10.6 Å². The number of anilines is 2. The summed E-state index contributed by atoms with van der Waals surface area (Å²) in [6.45, 7) is 3.27. The van der Waals surface area contributed by atoms with Crippen LogP contribution in [0.1, 0.15) is 51.4 Å². The summed E-state index contributed by atoms with van der Waals surface area (Å²) in [5.41, 5.74) is 1.32. The predicted octanol–water partition coefficient (Wildman–Crippen LogP) is 3.29. The van der Waals surface area contributed by atoms with Crippen LogP contribution in [0.2, 0.25) is 0 Å². The lowest BCUT2D eigenvalue weighted by Gasteiger charge is -2.05. The second kappa shape index (κ2) is 9.66. The van der Waals surface area contributed by atoms with E-state index in [0.717, 1.165) is 22.7 Å². The van der Waals surface area contributed by atoms with Crippen LogP contribution in [0.5, 0.6) is 0 Å². The molecule has 32 heavy (non-hydrogen) atoms. The first-order valence-corrected chi connectivity index (χ1v) is 10.7. The molecule has 166 valence electrons. The average Bonchev–Trinajstić information content (AvgIpc) is 3.34. The van der Waals surface area contributed by atoms with E-state index in [2.05, 4.69) is 30.1 Å². The maximum atomic E-state index is 12.6. The highest BCUT2D eigenvalue weighted by Crippen LogP contribution is 2.25. The molecule has 0 radical (unpaired) electrons. The van der Waals surface area contributed by atoms with E-state index in [4.69, 9.17) is 0 Å². The molecule has 3 rings (SSSR count). The summed E-state index contributed by atoms with van der Waals surface area (Å²) in [5, 5.41) is 5.69. The first kappa shape index (κ1) is 23.0. The van der Waals surface area contributed by atoms with Crippen molar-refractivity contribution in [2.75, 3.05) is 24.9 Å². The van der Waals surface area contributed by atoms with E-state index in [1.807, 2.05) is 0 Å². The third kappa shape index (κ3) is 4.98. The van der Waals surface area contributed by atoms with Gasteiger partial charge in [-0.2, -0.15) is 0 Å². The van der Waals surface area contributed by atoms with Gasteiger partial charge >= 0.3 is 11.9 Å². The van der Waals surface area contributed by atoms with Crippen LogP contribution >= 0.6 is 22.7 Å². The van der Waals surface area contributed by atoms with Gasteiger partial charge in [0.2, 0.25) is 0 Å². The van der Waals surface area contributed by atoms with Gasteiger partial charge < -0.3 is 9.47 Å². The number of benzene rings is 1. The number of nitrogens with one attached hydrogen (secondary N) is 2. The number of rotatable bonds is 6. The monoisotopic (exact) mass is 474 g/mol. The van der Waals surface area contributed by atoms with Crippen LogP contribution in [0.25, 0.3) is 0 Å². The zero-order valence-corrected chi connectivity index (χ0v) is 19.1. The highest BCUT2D eigenvalue weighted by molar-refractivity contribution is 7.18. The van der Waals surface area contributed by atoms with Gasteiger partial charge in [-0.1, -0.05) is 28.7 Å². The van der Waals surface area contributed by atoms with E-state index in [1.165, 1.54) is 32.4 Å². The first-order chi connectivity index (χ1) is 15.2. The van der Waals surface area contributed by atoms with E-state index in [0.29, 0.717) is 21.1 Å². The Balaban J connectivity index is 1.73. The van der Waals surface area contributed by atoms with E-state index < -0.39 is 23.8 Å². The van der Waals surface area contributed by atoms with Crippen LogP contribution in [-0.2, 0) is 9.47 Å². The Morgan fingerprint density at radius 3 is 1.56 bits per heavy atom. The highest BCUT2D eigenvalue weighted by Gasteiger charge is 2.20. The Hall–Kier alpha value is -3.64. The zero-order valence-electron chi connectivity index (χ0n) is 17.5. The molecule has 0 aliphatic carbocycles. The van der Waals surface area contributed by atoms with Crippen molar-refractivity contribution in [1.82, 2.24) is 9.97 Å². The third-order valence-corrected chi connectivity index (χ3v) is 6.27. The minimum atomic E-state index is -0.535. The number of methoxy groups -OCH3 is 2. The third-order valence-electron chi connectivity index (χ3n) is 4.16. The fourth-order valence-corrected chi connectivity index (χ4v) is 4.36. The molecule has 0 unspecified atom stereocenters. The molecular formula is C20H18N4O6S2. The van der Waals surface area contributed by atoms with E-state index >= 15 is 0 Å². The van der Waals surface area contributed by atoms with Crippen LogP contribution in [0.15, 0.2) is 24.3 Å². The Kier molecular flexibility index (Phi) is 6.95. The molecule has 1 aromatic carbocycles. The van der Waals surface area contributed by atoms with Gasteiger partial charge in [-0.3, -0.25) is 20.2 Å². The SMILES string of the molecule is COC(=O)c1sc(NC(=O)c2cccc(C(=O)Nc3nc(C)c(C(=O)OC)s3)c2)nc1C. The standard InChI is InChI=1S/C20H18N4O6S2/c1-9-13(17(27)29-3)31-19(21-9)23-15(25)11-6-5-7-12(8-11)16(26)24-20-22-10(2)14(32-20)18(28)30-4/h5-8H,1-4H3,(H,21,23,25)(H,22,24,26). The van der Waals surface area contributed by atoms with Gasteiger partial charge in [0.05, 0.1) is 25.6 Å². The summed E-state index contributed by atoms with van der Waals surface area (Å²) < 4.78 is 9.37. The molecule has 0 fully saturated rings. The maximum Gasteiger partial charge on any atom is 0.350 e. The van der Waals surface area contributed by atoms with Gasteiger partial charge in [0.1, 0.15) is 9.75 Å². The first-order valence-electron chi connectivity index (χ1n) is 9.07. The van der Waals surface area contributed by atoms with Crippen LogP contribution in [0, 0.1) is 13.8 Å². The van der Waals surface area contributed by atoms with Crippen molar-refractivity contribution in [1.29, 1.82) is 0 Å². The molecule has 0 aliphatic heterocycles. The second-order valence-electron chi connectivity index (χ2n) is 6.34. The molecule has 0 bridgehead atoms. The van der Waals surface area contributed by atoms with Crippen LogP contribution in [0.4, 0.5) is 10.3 Å². The lowest BCUT2D eigenvalue weighted by molar-refractivity contribution is 0.0596. The minimum Gasteiger partial charge on any atom is -0.465 e. The van der Waals surface area contributed by atoms with Gasteiger partial charge in [-0.15, -0.1) is 0 Å². The molecule has 3 aromatic rings. The molecule has 2 heterocycles. The number of hydrogen-bond acceptors (Lipinski definition) is 10. The van der Waals surface area contributed by atoms with Crippen molar-refractivity contribution in [3.63, 3.8) is 0 Å². The van der Waals surface area contributed by atoms with Gasteiger partial charge in [0, 0.05) is 11.1 Å². The predicted molar refractivity (Wildman–Crippen MR) is 119 cm³/mol. The Bertz CT molecular complexity index is 1130. The van der Waals surface area contributed by atoms with Crippen LogP contribution in [-0.4, -0.2) is 47.9 Å². The number of esters is 2. The molecule has 0 saturated carbocycles. The highest BCUT2D eigenvalue weighted by atomic mass is 32.1. The topological polar surface area (TPSA) is 137 Å². The zero-order chi connectivity index (χ0) is 23.4. The van der Waals surface area contributed by atoms with Gasteiger partial charge in [-0.05, 0) is 32.0 Å². The number of thiazole rings is 2. The molecule has 2 aromatic heterocycles. The number of aryl methyl sites for hydroxylation is 2. The maximum absolute atomic E-state index is 12.6. The number of ether oxygens (including phenoxy) is 2. The normalized spacial score (nSPS) is 10.4. The lowest BCUT2D eigenvalue weighted by Crippen LogP contribution is -2.15. The summed E-state index contributed by atoms with van der Waals surface area (Å²) in [7, 11) is 2.53. The Labute approximate surface area is 190 Å². The van der Waals surface area contributed by atoms with Crippen LogP contribution in [0.3, 0.4) is 0 Å². The number of hydrogen-bond donors (Lipinski definition) is 2. The molecule has 0 atom stereocenters. The van der Waals surface area contributed by atoms with E-state index in [-0.39, 0.29) is 21.4 Å². The Morgan fingerprint density at radius 2 is 1.19 bits per heavy atom. The molecule has 0 saturated heterocycles. The number of carbonyl (C=O) groups excluding carboxylic acids is 4. The molecule has 2 N–H and O–H groups in total. The Morgan fingerprint density at radius 1 is 0.781 bits per heavy atom. The number of nitrogens with zero attached hydrogens (tertiary/aromatic N) is 2. The smallest absolute Gasteiger partial charge is 0.350 e. The lowest BCUT2D eigenvalue weighted by atomic mass is 10.1. The largest absolute Gasteiger partial charge is 0.465 e. The summed E-state index contributed by atoms with van der Waals surface area (Å²) >= 11 is 1.99. The molecule has 10 nitrogen and oxygen atoms in total. The summed E-state index contributed by atoms with van der Waals surface area (Å²) in [4.78, 5) is 57.5. The fourth-order valence-electron chi connectivity index (χ4n) is 2.60. The molecule has 0 aliphatic rings. The summed E-state index contributed by atoms with van der Waals surface area (Å²) in [5.74, 6) is -2.07. The number of amides is 2. The van der Waals surface area contributed by atoms with Gasteiger partial charge in [0.25, 0.3) is 11.8 Å². The fraction of sp³-hybridized carbons (Fsp3) is 0.200. The van der Waals surface area contributed by atoms with Crippen molar-refractivity contribution >= 4 is 56.7 Å². The van der Waals surface area contributed by atoms with Crippen molar-refractivity contribution in [2.45, 2.75) is 13.8 Å². The minimum absolute atomic E-state index is 0.218. The van der Waals surface area contributed by atoms with Gasteiger partial charge in [0.15, 0.2) is 10.3 Å². The summed E-state index contributed by atoms with van der Waals surface area (Å²) in [6, 6.07) is 6.05. The summed E-state index contributed by atoms with van der Waals surface area (Å²) in [6.07, 6.45) is 0. The average molecular weight is 475 g/mol. The van der Waals surface area contributed by atoms with E-state index in [9.17, 15) is 19.2 Å². The quantitative estimate of drug-likeness (QED) is 0.519. The van der Waals surface area contributed by atoms with Crippen molar-refractivity contribution in [3.05, 3.63) is 56.5 Å². The second-order valence-corrected chi connectivity index (χ2v) is 8.34. The molecule has 12 heteroatoms. The number of aromatic nitrogens is 2. The molecular weight excluding hydrogens is 456 g/mol. The van der Waals surface area contributed by atoms with E-state index in [1.54, 1.807) is 19.9 Å². The molecule has 0 spiro atoms. The molecule has 2 amide bonds. The van der Waals surface area contributed by atoms with Crippen molar-refractivity contribution in [3.8, 4) is 0 Å².